The van der Waals surface area contributed by atoms with E-state index in [0.717, 1.165) is 5.56 Å². The van der Waals surface area contributed by atoms with E-state index in [-0.39, 0.29) is 11.6 Å². The predicted molar refractivity (Wildman–Crippen MR) is 82.4 cm³/mol. The Morgan fingerprint density at radius 3 is 2.24 bits per heavy atom. The van der Waals surface area contributed by atoms with Crippen LogP contribution in [0.2, 0.25) is 0 Å². The predicted octanol–water partition coefficient (Wildman–Crippen LogP) is 3.36. The van der Waals surface area contributed by atoms with Gasteiger partial charge in [0.25, 0.3) is 0 Å². The third kappa shape index (κ3) is 3.39. The monoisotopic (exact) mass is 290 g/mol. The van der Waals surface area contributed by atoms with Crippen LogP contribution >= 0.6 is 0 Å². The van der Waals surface area contributed by atoms with Crippen LogP contribution in [0.15, 0.2) is 48.5 Å². The first kappa shape index (κ1) is 15.4. The average molecular weight is 290 g/mol. The SMILES string of the molecule is CN(c1ccccc1F)C(C)(CN)Cc1ccc(F)cc1. The molecule has 2 rings (SSSR count). The molecule has 0 aliphatic rings. The highest BCUT2D eigenvalue weighted by molar-refractivity contribution is 5.50. The van der Waals surface area contributed by atoms with E-state index in [2.05, 4.69) is 0 Å². The maximum atomic E-state index is 14.0. The van der Waals surface area contributed by atoms with Crippen LogP contribution in [0.25, 0.3) is 0 Å². The zero-order valence-electron chi connectivity index (χ0n) is 12.3. The molecule has 0 amide bonds. The lowest BCUT2D eigenvalue weighted by atomic mass is 9.90. The summed E-state index contributed by atoms with van der Waals surface area (Å²) in [4.78, 5) is 1.85. The van der Waals surface area contributed by atoms with Gasteiger partial charge in [-0.3, -0.25) is 0 Å². The Labute approximate surface area is 124 Å². The highest BCUT2D eigenvalue weighted by Crippen LogP contribution is 2.27. The van der Waals surface area contributed by atoms with E-state index in [0.29, 0.717) is 18.7 Å². The zero-order valence-corrected chi connectivity index (χ0v) is 12.3. The van der Waals surface area contributed by atoms with E-state index in [1.165, 1.54) is 18.2 Å². The summed E-state index contributed by atoms with van der Waals surface area (Å²) < 4.78 is 27.0. The molecule has 0 spiro atoms. The molecule has 2 aromatic carbocycles. The standard InChI is InChI=1S/C17H20F2N2/c1-17(12-20,11-13-7-9-14(18)10-8-13)21(2)16-6-4-3-5-15(16)19/h3-10H,11-12,20H2,1-2H3. The molecule has 0 aliphatic heterocycles. The second-order valence-corrected chi connectivity index (χ2v) is 5.51. The third-order valence-electron chi connectivity index (χ3n) is 3.96. The van der Waals surface area contributed by atoms with Crippen molar-refractivity contribution in [2.45, 2.75) is 18.9 Å². The normalized spacial score (nSPS) is 13.8. The molecule has 0 fully saturated rings. The molecule has 2 aromatic rings. The number of para-hydroxylation sites is 1. The quantitative estimate of drug-likeness (QED) is 0.915. The van der Waals surface area contributed by atoms with Crippen LogP contribution < -0.4 is 10.6 Å². The summed E-state index contributed by atoms with van der Waals surface area (Å²) in [5, 5.41) is 0. The van der Waals surface area contributed by atoms with Gasteiger partial charge < -0.3 is 10.6 Å². The smallest absolute Gasteiger partial charge is 0.146 e. The van der Waals surface area contributed by atoms with Gasteiger partial charge in [0.15, 0.2) is 0 Å². The van der Waals surface area contributed by atoms with Crippen LogP contribution in [0, 0.1) is 11.6 Å². The van der Waals surface area contributed by atoms with E-state index in [1.54, 1.807) is 30.3 Å². The number of hydrogen-bond acceptors (Lipinski definition) is 2. The van der Waals surface area contributed by atoms with Crippen LogP contribution in [0.1, 0.15) is 12.5 Å². The molecule has 0 saturated heterocycles. The molecule has 0 saturated carbocycles. The van der Waals surface area contributed by atoms with Gasteiger partial charge in [0.1, 0.15) is 11.6 Å². The number of nitrogens with zero attached hydrogens (tertiary/aromatic N) is 1. The maximum Gasteiger partial charge on any atom is 0.146 e. The molecule has 112 valence electrons. The first-order valence-corrected chi connectivity index (χ1v) is 6.89. The van der Waals surface area contributed by atoms with Crippen LogP contribution in [0.3, 0.4) is 0 Å². The van der Waals surface area contributed by atoms with Crippen LogP contribution in [0.5, 0.6) is 0 Å². The molecule has 1 atom stereocenters. The summed E-state index contributed by atoms with van der Waals surface area (Å²) in [5.74, 6) is -0.547. The first-order valence-electron chi connectivity index (χ1n) is 6.89. The van der Waals surface area contributed by atoms with Crippen molar-refractivity contribution in [3.05, 3.63) is 65.7 Å². The van der Waals surface area contributed by atoms with Gasteiger partial charge >= 0.3 is 0 Å². The van der Waals surface area contributed by atoms with Gasteiger partial charge in [-0.15, -0.1) is 0 Å². The lowest BCUT2D eigenvalue weighted by Crippen LogP contribution is -2.52. The highest BCUT2D eigenvalue weighted by Gasteiger charge is 2.29. The van der Waals surface area contributed by atoms with Crippen molar-refractivity contribution in [3.8, 4) is 0 Å². The van der Waals surface area contributed by atoms with Gasteiger partial charge in [0.2, 0.25) is 0 Å². The summed E-state index contributed by atoms with van der Waals surface area (Å²) in [7, 11) is 1.83. The van der Waals surface area contributed by atoms with Crippen molar-refractivity contribution in [2.75, 3.05) is 18.5 Å². The molecule has 4 heteroatoms. The van der Waals surface area contributed by atoms with Crippen molar-refractivity contribution in [1.82, 2.24) is 0 Å². The van der Waals surface area contributed by atoms with Crippen molar-refractivity contribution in [3.63, 3.8) is 0 Å². The third-order valence-corrected chi connectivity index (χ3v) is 3.96. The minimum atomic E-state index is -0.458. The Bertz CT molecular complexity index is 598. The first-order chi connectivity index (χ1) is 9.96. The fourth-order valence-corrected chi connectivity index (χ4v) is 2.38. The number of nitrogens with two attached hydrogens (primary N) is 1. The minimum absolute atomic E-state index is 0.268. The Hall–Kier alpha value is -1.94. The van der Waals surface area contributed by atoms with E-state index < -0.39 is 5.54 Å². The van der Waals surface area contributed by atoms with Gasteiger partial charge in [-0.25, -0.2) is 8.78 Å². The molecule has 2 nitrogen and oxygen atoms in total. The minimum Gasteiger partial charge on any atom is -0.365 e. The van der Waals surface area contributed by atoms with Crippen molar-refractivity contribution in [2.24, 2.45) is 5.73 Å². The fraction of sp³-hybridized carbons (Fsp3) is 0.294. The number of halogens is 2. The number of hydrogen-bond donors (Lipinski definition) is 1. The van der Waals surface area contributed by atoms with Crippen LogP contribution in [-0.4, -0.2) is 19.1 Å². The average Bonchev–Trinajstić information content (AvgIpc) is 2.49. The molecule has 0 heterocycles. The van der Waals surface area contributed by atoms with Gasteiger partial charge in [0, 0.05) is 13.6 Å². The molecule has 2 N–H and O–H groups in total. The lowest BCUT2D eigenvalue weighted by molar-refractivity contribution is 0.442. The van der Waals surface area contributed by atoms with Gasteiger partial charge in [-0.1, -0.05) is 24.3 Å². The van der Waals surface area contributed by atoms with Crippen molar-refractivity contribution < 1.29 is 8.78 Å². The van der Waals surface area contributed by atoms with Crippen molar-refractivity contribution in [1.29, 1.82) is 0 Å². The second-order valence-electron chi connectivity index (χ2n) is 5.51. The molecule has 0 radical (unpaired) electrons. The number of likely N-dealkylation sites (N-methyl/N-ethyl adjacent to an activating group) is 1. The Morgan fingerprint density at radius 2 is 1.67 bits per heavy atom. The molecular weight excluding hydrogens is 270 g/mol. The van der Waals surface area contributed by atoms with Gasteiger partial charge in [-0.05, 0) is 43.2 Å². The Balaban J connectivity index is 2.28. The molecule has 0 bridgehead atoms. The molecular formula is C17H20F2N2. The van der Waals surface area contributed by atoms with Gasteiger partial charge in [0.05, 0.1) is 11.2 Å². The van der Waals surface area contributed by atoms with E-state index in [4.69, 9.17) is 5.73 Å². The topological polar surface area (TPSA) is 29.3 Å². The summed E-state index contributed by atoms with van der Waals surface area (Å²) in [6.45, 7) is 2.33. The van der Waals surface area contributed by atoms with Crippen LogP contribution in [0.4, 0.5) is 14.5 Å². The zero-order chi connectivity index (χ0) is 15.5. The second kappa shape index (κ2) is 6.22. The highest BCUT2D eigenvalue weighted by atomic mass is 19.1. The number of benzene rings is 2. The summed E-state index contributed by atoms with van der Waals surface area (Å²) in [5.41, 5.74) is 6.95. The largest absolute Gasteiger partial charge is 0.365 e. The summed E-state index contributed by atoms with van der Waals surface area (Å²) in [6.07, 6.45) is 0.606. The number of rotatable bonds is 5. The number of anilines is 1. The van der Waals surface area contributed by atoms with E-state index in [9.17, 15) is 8.78 Å². The Morgan fingerprint density at radius 1 is 1.05 bits per heavy atom. The summed E-state index contributed by atoms with van der Waals surface area (Å²) in [6, 6.07) is 12.9. The Kier molecular flexibility index (Phi) is 4.58. The maximum absolute atomic E-state index is 14.0. The molecule has 0 aromatic heterocycles. The lowest BCUT2D eigenvalue weighted by Gasteiger charge is -2.40. The summed E-state index contributed by atoms with van der Waals surface area (Å²) >= 11 is 0. The molecule has 21 heavy (non-hydrogen) atoms. The van der Waals surface area contributed by atoms with Crippen molar-refractivity contribution >= 4 is 5.69 Å². The molecule has 0 aliphatic carbocycles. The van der Waals surface area contributed by atoms with Gasteiger partial charge in [-0.2, -0.15) is 0 Å². The van der Waals surface area contributed by atoms with E-state index >= 15 is 0 Å². The van der Waals surface area contributed by atoms with E-state index in [1.807, 2.05) is 18.9 Å². The fourth-order valence-electron chi connectivity index (χ4n) is 2.38. The molecule has 1 unspecified atom stereocenters. The van der Waals surface area contributed by atoms with Crippen LogP contribution in [-0.2, 0) is 6.42 Å².